The first-order valence-corrected chi connectivity index (χ1v) is 8.47. The van der Waals surface area contributed by atoms with Gasteiger partial charge < -0.3 is 19.7 Å². The number of carbonyl (C=O) groups excluding carboxylic acids is 2. The van der Waals surface area contributed by atoms with Crippen LogP contribution in [0.4, 0.5) is 4.79 Å². The largest absolute Gasteiger partial charge is 0.492 e. The lowest BCUT2D eigenvalue weighted by atomic mass is 10.0. The Balaban J connectivity index is 1.63. The molecule has 0 aliphatic carbocycles. The molecule has 1 heterocycles. The molecular weight excluding hydrogens is 332 g/mol. The van der Waals surface area contributed by atoms with E-state index in [-0.39, 0.29) is 11.9 Å². The molecule has 0 atom stereocenters. The number of halogens is 1. The van der Waals surface area contributed by atoms with Gasteiger partial charge >= 0.3 is 6.09 Å². The van der Waals surface area contributed by atoms with Crippen LogP contribution in [0, 0.1) is 0 Å². The lowest BCUT2D eigenvalue weighted by molar-refractivity contribution is -0.132. The van der Waals surface area contributed by atoms with Gasteiger partial charge in [0.1, 0.15) is 5.75 Å². The maximum atomic E-state index is 12.2. The maximum Gasteiger partial charge on any atom is 0.407 e. The summed E-state index contributed by atoms with van der Waals surface area (Å²) in [5.74, 6) is 0.760. The van der Waals surface area contributed by atoms with E-state index in [1.807, 2.05) is 23.1 Å². The molecule has 6 nitrogen and oxygen atoms in total. The van der Waals surface area contributed by atoms with Crippen molar-refractivity contribution >= 4 is 23.6 Å². The quantitative estimate of drug-likeness (QED) is 0.798. The molecule has 7 heteroatoms. The van der Waals surface area contributed by atoms with E-state index in [0.29, 0.717) is 43.3 Å². The van der Waals surface area contributed by atoms with Crippen molar-refractivity contribution in [3.8, 4) is 5.75 Å². The van der Waals surface area contributed by atoms with Gasteiger partial charge in [-0.3, -0.25) is 4.79 Å². The van der Waals surface area contributed by atoms with Crippen LogP contribution in [0.25, 0.3) is 0 Å². The molecule has 0 aromatic heterocycles. The summed E-state index contributed by atoms with van der Waals surface area (Å²) in [6.45, 7) is 1.76. The van der Waals surface area contributed by atoms with E-state index in [9.17, 15) is 9.59 Å². The zero-order valence-electron chi connectivity index (χ0n) is 13.8. The second-order valence-corrected chi connectivity index (χ2v) is 6.08. The van der Waals surface area contributed by atoms with Crippen molar-refractivity contribution in [1.29, 1.82) is 0 Å². The van der Waals surface area contributed by atoms with E-state index in [2.05, 4.69) is 10.1 Å². The fourth-order valence-electron chi connectivity index (χ4n) is 2.62. The van der Waals surface area contributed by atoms with Gasteiger partial charge in [-0.2, -0.15) is 0 Å². The van der Waals surface area contributed by atoms with E-state index in [1.165, 1.54) is 7.11 Å². The number of piperidine rings is 1. The first kappa shape index (κ1) is 18.4. The topological polar surface area (TPSA) is 67.9 Å². The molecule has 0 bridgehead atoms. The second-order valence-electron chi connectivity index (χ2n) is 5.67. The minimum atomic E-state index is -0.420. The molecule has 1 aromatic rings. The smallest absolute Gasteiger partial charge is 0.407 e. The Kier molecular flexibility index (Phi) is 7.18. The van der Waals surface area contributed by atoms with Crippen LogP contribution in [0.3, 0.4) is 0 Å². The Morgan fingerprint density at radius 1 is 1.29 bits per heavy atom. The number of nitrogens with zero attached hydrogens (tertiary/aromatic N) is 1. The molecule has 1 aromatic carbocycles. The Morgan fingerprint density at radius 3 is 2.67 bits per heavy atom. The summed E-state index contributed by atoms with van der Waals surface area (Å²) in [5.41, 5.74) is 0. The SMILES string of the molecule is COC(=O)NC1CCN(C(=O)CCCOc2ccccc2Cl)CC1. The van der Waals surface area contributed by atoms with Crippen molar-refractivity contribution in [1.82, 2.24) is 10.2 Å². The number of para-hydroxylation sites is 1. The van der Waals surface area contributed by atoms with E-state index in [4.69, 9.17) is 16.3 Å². The highest BCUT2D eigenvalue weighted by Crippen LogP contribution is 2.23. The maximum absolute atomic E-state index is 12.2. The van der Waals surface area contributed by atoms with E-state index in [1.54, 1.807) is 6.07 Å². The zero-order chi connectivity index (χ0) is 17.4. The van der Waals surface area contributed by atoms with Gasteiger partial charge in [0.25, 0.3) is 0 Å². The number of amides is 2. The highest BCUT2D eigenvalue weighted by molar-refractivity contribution is 6.32. The normalized spacial score (nSPS) is 15.0. The molecule has 1 aliphatic rings. The summed E-state index contributed by atoms with van der Waals surface area (Å²) in [7, 11) is 1.35. The van der Waals surface area contributed by atoms with Crippen molar-refractivity contribution in [2.75, 3.05) is 26.8 Å². The van der Waals surface area contributed by atoms with Gasteiger partial charge in [-0.1, -0.05) is 23.7 Å². The number of rotatable bonds is 6. The molecule has 24 heavy (non-hydrogen) atoms. The molecule has 2 amide bonds. The molecule has 1 saturated heterocycles. The van der Waals surface area contributed by atoms with Gasteiger partial charge in [0.15, 0.2) is 0 Å². The Labute approximate surface area is 147 Å². The number of alkyl carbamates (subject to hydrolysis) is 1. The molecule has 2 rings (SSSR count). The number of nitrogens with one attached hydrogen (secondary N) is 1. The number of likely N-dealkylation sites (tertiary alicyclic amines) is 1. The monoisotopic (exact) mass is 354 g/mol. The molecule has 1 N–H and O–H groups in total. The van der Waals surface area contributed by atoms with Gasteiger partial charge in [0, 0.05) is 25.6 Å². The second kappa shape index (κ2) is 9.37. The van der Waals surface area contributed by atoms with Crippen LogP contribution in [-0.2, 0) is 9.53 Å². The van der Waals surface area contributed by atoms with Crippen molar-refractivity contribution in [3.63, 3.8) is 0 Å². The first-order valence-electron chi connectivity index (χ1n) is 8.09. The number of benzene rings is 1. The van der Waals surface area contributed by atoms with Gasteiger partial charge in [-0.05, 0) is 31.4 Å². The van der Waals surface area contributed by atoms with Gasteiger partial charge in [0.2, 0.25) is 5.91 Å². The average Bonchev–Trinajstić information content (AvgIpc) is 2.60. The minimum Gasteiger partial charge on any atom is -0.492 e. The summed E-state index contributed by atoms with van der Waals surface area (Å²) >= 11 is 6.01. The van der Waals surface area contributed by atoms with E-state index < -0.39 is 6.09 Å². The van der Waals surface area contributed by atoms with Crippen LogP contribution < -0.4 is 10.1 Å². The molecule has 0 unspecified atom stereocenters. The number of methoxy groups -OCH3 is 1. The van der Waals surface area contributed by atoms with Crippen molar-refractivity contribution in [3.05, 3.63) is 29.3 Å². The summed E-state index contributed by atoms with van der Waals surface area (Å²) < 4.78 is 10.2. The number of hydrogen-bond acceptors (Lipinski definition) is 4. The number of ether oxygens (including phenoxy) is 2. The Hall–Kier alpha value is -1.95. The fourth-order valence-corrected chi connectivity index (χ4v) is 2.81. The lowest BCUT2D eigenvalue weighted by Crippen LogP contribution is -2.46. The van der Waals surface area contributed by atoms with E-state index in [0.717, 1.165) is 12.8 Å². The predicted molar refractivity (Wildman–Crippen MR) is 91.3 cm³/mol. The number of carbonyl (C=O) groups is 2. The van der Waals surface area contributed by atoms with E-state index >= 15 is 0 Å². The van der Waals surface area contributed by atoms with Crippen molar-refractivity contribution < 1.29 is 19.1 Å². The lowest BCUT2D eigenvalue weighted by Gasteiger charge is -2.32. The highest BCUT2D eigenvalue weighted by Gasteiger charge is 2.23. The molecule has 0 saturated carbocycles. The third-order valence-electron chi connectivity index (χ3n) is 3.98. The van der Waals surface area contributed by atoms with Crippen LogP contribution in [0.5, 0.6) is 5.75 Å². The van der Waals surface area contributed by atoms with Crippen LogP contribution in [0.15, 0.2) is 24.3 Å². The Morgan fingerprint density at radius 2 is 2.00 bits per heavy atom. The number of hydrogen-bond donors (Lipinski definition) is 1. The minimum absolute atomic E-state index is 0.0741. The molecule has 1 fully saturated rings. The highest BCUT2D eigenvalue weighted by atomic mass is 35.5. The standard InChI is InChI=1S/C17H23ClN2O4/c1-23-17(22)19-13-8-10-20(11-9-13)16(21)7-4-12-24-15-6-3-2-5-14(15)18/h2-3,5-6,13H,4,7-12H2,1H3,(H,19,22). The fraction of sp³-hybridized carbons (Fsp3) is 0.529. The molecule has 1 aliphatic heterocycles. The molecular formula is C17H23ClN2O4. The van der Waals surface area contributed by atoms with Gasteiger partial charge in [-0.25, -0.2) is 4.79 Å². The van der Waals surface area contributed by atoms with Crippen LogP contribution >= 0.6 is 11.6 Å². The van der Waals surface area contributed by atoms with Crippen molar-refractivity contribution in [2.24, 2.45) is 0 Å². The zero-order valence-corrected chi connectivity index (χ0v) is 14.6. The molecule has 0 spiro atoms. The van der Waals surface area contributed by atoms with Crippen molar-refractivity contribution in [2.45, 2.75) is 31.7 Å². The predicted octanol–water partition coefficient (Wildman–Crippen LogP) is 2.85. The van der Waals surface area contributed by atoms with Crippen LogP contribution in [0.1, 0.15) is 25.7 Å². The summed E-state index contributed by atoms with van der Waals surface area (Å²) in [6, 6.07) is 7.36. The Bertz CT molecular complexity index is 559. The third kappa shape index (κ3) is 5.60. The third-order valence-corrected chi connectivity index (χ3v) is 4.30. The average molecular weight is 355 g/mol. The van der Waals surface area contributed by atoms with Crippen LogP contribution in [0.2, 0.25) is 5.02 Å². The summed E-state index contributed by atoms with van der Waals surface area (Å²) in [4.78, 5) is 25.2. The molecule has 132 valence electrons. The summed E-state index contributed by atoms with van der Waals surface area (Å²) in [5, 5.41) is 3.35. The van der Waals surface area contributed by atoms with Gasteiger partial charge in [0.05, 0.1) is 18.7 Å². The summed E-state index contributed by atoms with van der Waals surface area (Å²) in [6.07, 6.45) is 2.16. The molecule has 0 radical (unpaired) electrons. The van der Waals surface area contributed by atoms with Crippen LogP contribution in [-0.4, -0.2) is 49.7 Å². The van der Waals surface area contributed by atoms with Gasteiger partial charge in [-0.15, -0.1) is 0 Å². The first-order chi connectivity index (χ1) is 11.6.